The van der Waals surface area contributed by atoms with Crippen LogP contribution in [0.15, 0.2) is 63.5 Å². The van der Waals surface area contributed by atoms with Crippen molar-refractivity contribution in [2.75, 3.05) is 6.61 Å². The van der Waals surface area contributed by atoms with Crippen molar-refractivity contribution < 1.29 is 14.5 Å². The fraction of sp³-hybridized carbons (Fsp3) is 0.250. The Balaban J connectivity index is 1.79. The highest BCUT2D eigenvalue weighted by Crippen LogP contribution is 2.33. The van der Waals surface area contributed by atoms with E-state index in [-0.39, 0.29) is 23.4 Å². The van der Waals surface area contributed by atoms with Crippen LogP contribution in [0.3, 0.4) is 0 Å². The molecule has 0 saturated heterocycles. The van der Waals surface area contributed by atoms with Crippen LogP contribution >= 0.6 is 11.3 Å². The van der Waals surface area contributed by atoms with E-state index in [1.165, 1.54) is 22.0 Å². The molecule has 5 rings (SSSR count). The standard InChI is InChI=1S/C28H26N4O5S/c1-6-37-27(34)24-16(3)29-28-31(25(24)18-12-11-15(2)22(13-18)32(35)36)26(33)23(38-28)14-20-17(4)30(5)21-10-8-7-9-19(20)21/h7-14,25H,6H2,1-5H3/b23-14+/t25-/m0/s1. The summed E-state index contributed by atoms with van der Waals surface area (Å²) in [6, 6.07) is 11.8. The largest absolute Gasteiger partial charge is 0.463 e. The van der Waals surface area contributed by atoms with Crippen LogP contribution in [0, 0.1) is 24.0 Å². The van der Waals surface area contributed by atoms with Gasteiger partial charge in [0.05, 0.1) is 33.4 Å². The fourth-order valence-electron chi connectivity index (χ4n) is 4.96. The molecule has 0 amide bonds. The predicted molar refractivity (Wildman–Crippen MR) is 146 cm³/mol. The molecule has 2 aromatic heterocycles. The van der Waals surface area contributed by atoms with Gasteiger partial charge in [0.15, 0.2) is 4.80 Å². The Morgan fingerprint density at radius 1 is 1.21 bits per heavy atom. The van der Waals surface area contributed by atoms with E-state index in [1.54, 1.807) is 32.9 Å². The van der Waals surface area contributed by atoms with Gasteiger partial charge in [0.1, 0.15) is 0 Å². The van der Waals surface area contributed by atoms with Gasteiger partial charge in [0.25, 0.3) is 11.2 Å². The molecule has 4 aromatic rings. The van der Waals surface area contributed by atoms with Crippen LogP contribution in [0.5, 0.6) is 0 Å². The molecule has 1 aliphatic heterocycles. The third kappa shape index (κ3) is 3.97. The molecule has 0 unspecified atom stereocenters. The lowest BCUT2D eigenvalue weighted by atomic mass is 9.94. The number of esters is 1. The van der Waals surface area contributed by atoms with Crippen molar-refractivity contribution in [1.29, 1.82) is 0 Å². The van der Waals surface area contributed by atoms with Gasteiger partial charge in [-0.3, -0.25) is 19.5 Å². The Bertz CT molecular complexity index is 1860. The third-order valence-electron chi connectivity index (χ3n) is 6.99. The minimum atomic E-state index is -0.916. The molecule has 0 saturated carbocycles. The molecular weight excluding hydrogens is 504 g/mol. The van der Waals surface area contributed by atoms with Gasteiger partial charge in [0, 0.05) is 40.8 Å². The topological polar surface area (TPSA) is 109 Å². The van der Waals surface area contributed by atoms with Gasteiger partial charge in [-0.2, -0.15) is 0 Å². The minimum absolute atomic E-state index is 0.0890. The van der Waals surface area contributed by atoms with E-state index >= 15 is 0 Å². The number of ether oxygens (including phenoxy) is 1. The number of rotatable bonds is 5. The third-order valence-corrected chi connectivity index (χ3v) is 7.97. The maximum atomic E-state index is 13.9. The van der Waals surface area contributed by atoms with E-state index in [4.69, 9.17) is 4.74 Å². The molecule has 38 heavy (non-hydrogen) atoms. The normalized spacial score (nSPS) is 15.5. The van der Waals surface area contributed by atoms with E-state index in [1.807, 2.05) is 44.3 Å². The number of allylic oxidation sites excluding steroid dienone is 1. The molecule has 3 heterocycles. The monoisotopic (exact) mass is 530 g/mol. The van der Waals surface area contributed by atoms with Crippen LogP contribution in [0.25, 0.3) is 17.0 Å². The molecule has 0 fully saturated rings. The summed E-state index contributed by atoms with van der Waals surface area (Å²) in [5, 5.41) is 12.7. The number of nitro benzene ring substituents is 1. The zero-order valence-electron chi connectivity index (χ0n) is 21.6. The molecule has 10 heteroatoms. The van der Waals surface area contributed by atoms with Gasteiger partial charge in [-0.25, -0.2) is 9.79 Å². The Kier molecular flexibility index (Phi) is 6.36. The zero-order chi connectivity index (χ0) is 27.3. The second-order valence-electron chi connectivity index (χ2n) is 9.18. The summed E-state index contributed by atoms with van der Waals surface area (Å²) >= 11 is 1.23. The molecule has 0 aliphatic carbocycles. The van der Waals surface area contributed by atoms with Crippen LogP contribution in [0.2, 0.25) is 0 Å². The molecule has 0 radical (unpaired) electrons. The smallest absolute Gasteiger partial charge is 0.338 e. The van der Waals surface area contributed by atoms with Crippen molar-refractivity contribution in [3.05, 3.63) is 106 Å². The molecule has 0 N–H and O–H groups in total. The summed E-state index contributed by atoms with van der Waals surface area (Å²) in [6.07, 6.45) is 1.86. The maximum Gasteiger partial charge on any atom is 0.338 e. The number of fused-ring (bicyclic) bond motifs is 2. The highest BCUT2D eigenvalue weighted by molar-refractivity contribution is 7.07. The molecule has 2 aromatic carbocycles. The van der Waals surface area contributed by atoms with Gasteiger partial charge in [-0.05, 0) is 45.4 Å². The quantitative estimate of drug-likeness (QED) is 0.221. The molecule has 1 atom stereocenters. The molecule has 9 nitrogen and oxygen atoms in total. The minimum Gasteiger partial charge on any atom is -0.463 e. The summed E-state index contributed by atoms with van der Waals surface area (Å²) in [4.78, 5) is 43.3. The van der Waals surface area contributed by atoms with Crippen molar-refractivity contribution in [3.8, 4) is 0 Å². The first-order valence-corrected chi connectivity index (χ1v) is 12.9. The first kappa shape index (κ1) is 25.3. The van der Waals surface area contributed by atoms with Gasteiger partial charge < -0.3 is 9.30 Å². The lowest BCUT2D eigenvalue weighted by Gasteiger charge is -2.24. The molecular formula is C28H26N4O5S. The maximum absolute atomic E-state index is 13.9. The summed E-state index contributed by atoms with van der Waals surface area (Å²) < 4.78 is 9.30. The predicted octanol–water partition coefficient (Wildman–Crippen LogP) is 3.82. The Labute approximate surface area is 221 Å². The Morgan fingerprint density at radius 3 is 2.66 bits per heavy atom. The van der Waals surface area contributed by atoms with Crippen molar-refractivity contribution in [3.63, 3.8) is 0 Å². The highest BCUT2D eigenvalue weighted by atomic mass is 32.1. The van der Waals surface area contributed by atoms with Crippen LogP contribution in [0.4, 0.5) is 5.69 Å². The van der Waals surface area contributed by atoms with Gasteiger partial charge >= 0.3 is 5.97 Å². The summed E-state index contributed by atoms with van der Waals surface area (Å²) in [5.74, 6) is -0.610. The number of hydrogen-bond acceptors (Lipinski definition) is 7. The fourth-order valence-corrected chi connectivity index (χ4v) is 5.99. The van der Waals surface area contributed by atoms with Crippen LogP contribution in [-0.2, 0) is 16.6 Å². The lowest BCUT2D eigenvalue weighted by molar-refractivity contribution is -0.385. The second kappa shape index (κ2) is 9.53. The van der Waals surface area contributed by atoms with E-state index in [0.717, 1.165) is 22.2 Å². The number of aryl methyl sites for hydroxylation is 2. The number of para-hydroxylation sites is 1. The first-order chi connectivity index (χ1) is 18.1. The van der Waals surface area contributed by atoms with Crippen molar-refractivity contribution in [2.45, 2.75) is 33.7 Å². The second-order valence-corrected chi connectivity index (χ2v) is 10.2. The number of aromatic nitrogens is 2. The molecule has 1 aliphatic rings. The number of nitrogens with zero attached hydrogens (tertiary/aromatic N) is 4. The summed E-state index contributed by atoms with van der Waals surface area (Å²) in [5.41, 5.74) is 4.08. The van der Waals surface area contributed by atoms with E-state index < -0.39 is 16.9 Å². The zero-order valence-corrected chi connectivity index (χ0v) is 22.5. The molecule has 194 valence electrons. The highest BCUT2D eigenvalue weighted by Gasteiger charge is 2.34. The average Bonchev–Trinajstić information content (AvgIpc) is 3.32. The number of carbonyl (C=O) groups excluding carboxylic acids is 1. The van der Waals surface area contributed by atoms with Gasteiger partial charge in [-0.15, -0.1) is 0 Å². The first-order valence-electron chi connectivity index (χ1n) is 12.1. The van der Waals surface area contributed by atoms with Crippen LogP contribution in [-0.4, -0.2) is 26.6 Å². The van der Waals surface area contributed by atoms with Gasteiger partial charge in [-0.1, -0.05) is 41.7 Å². The van der Waals surface area contributed by atoms with Crippen molar-refractivity contribution in [2.24, 2.45) is 12.0 Å². The van der Waals surface area contributed by atoms with E-state index in [9.17, 15) is 19.7 Å². The summed E-state index contributed by atoms with van der Waals surface area (Å²) in [6.45, 7) is 7.17. The van der Waals surface area contributed by atoms with E-state index in [0.29, 0.717) is 26.2 Å². The van der Waals surface area contributed by atoms with Crippen molar-refractivity contribution in [1.82, 2.24) is 9.13 Å². The number of hydrogen-bond donors (Lipinski definition) is 0. The average molecular weight is 531 g/mol. The Hall–Kier alpha value is -4.31. The number of benzene rings is 2. The Morgan fingerprint density at radius 2 is 1.95 bits per heavy atom. The van der Waals surface area contributed by atoms with Crippen LogP contribution in [0.1, 0.15) is 42.3 Å². The number of carbonyl (C=O) groups is 1. The summed E-state index contributed by atoms with van der Waals surface area (Å²) in [7, 11) is 1.98. The SMILES string of the molecule is CCOC(=O)C1=C(C)N=c2s/c(=C/c3c(C)n(C)c4ccccc34)c(=O)n2[C@H]1c1ccc(C)c([N+](=O)[O-])c1. The number of thiazole rings is 1. The lowest BCUT2D eigenvalue weighted by Crippen LogP contribution is -2.40. The van der Waals surface area contributed by atoms with E-state index in [2.05, 4.69) is 9.56 Å². The molecule has 0 bridgehead atoms. The number of nitro groups is 1. The van der Waals surface area contributed by atoms with Crippen LogP contribution < -0.4 is 14.9 Å². The molecule has 0 spiro atoms. The van der Waals surface area contributed by atoms with Crippen molar-refractivity contribution >= 4 is 40.0 Å². The van der Waals surface area contributed by atoms with Gasteiger partial charge in [0.2, 0.25) is 0 Å².